The average molecular weight is 365 g/mol. The van der Waals surface area contributed by atoms with E-state index in [9.17, 15) is 19.6 Å². The molecule has 1 saturated heterocycles. The summed E-state index contributed by atoms with van der Waals surface area (Å²) in [7, 11) is -4.80. The molecule has 2 rings (SSSR count). The molecule has 1 aliphatic heterocycles. The molecule has 1 aromatic rings. The maximum atomic E-state index is 11.3. The van der Waals surface area contributed by atoms with Crippen molar-refractivity contribution in [3.8, 4) is 0 Å². The van der Waals surface area contributed by atoms with Gasteiger partial charge in [0.05, 0.1) is 12.8 Å². The molecule has 0 saturated carbocycles. The van der Waals surface area contributed by atoms with Crippen LogP contribution in [0.5, 0.6) is 0 Å². The van der Waals surface area contributed by atoms with Crippen LogP contribution in [0.4, 0.5) is 5.82 Å². The number of aromatic nitrogens is 2. The van der Waals surface area contributed by atoms with Gasteiger partial charge in [-0.3, -0.25) is 13.9 Å². The molecule has 0 bridgehead atoms. The number of hydrogen-bond acceptors (Lipinski definition) is 9. The van der Waals surface area contributed by atoms with Gasteiger partial charge in [-0.15, -0.1) is 0 Å². The Balaban J connectivity index is 2.31. The number of phosphoric acid groups is 1. The fourth-order valence-corrected chi connectivity index (χ4v) is 2.61. The number of aliphatic hydroxyl groups excluding tert-OH is 2. The molecule has 2 heterocycles. The number of nitrogens with zero attached hydrogens (tertiary/aromatic N) is 2. The highest BCUT2D eigenvalue weighted by Crippen LogP contribution is 2.39. The van der Waals surface area contributed by atoms with Crippen LogP contribution in [-0.2, 0) is 13.8 Å². The van der Waals surface area contributed by atoms with Gasteiger partial charge in [-0.2, -0.15) is 0 Å². The molecule has 4 atom stereocenters. The summed E-state index contributed by atoms with van der Waals surface area (Å²) in [6.45, 7) is -0.712. The van der Waals surface area contributed by atoms with E-state index in [1.54, 1.807) is 0 Å². The largest absolute Gasteiger partial charge is 0.469 e. The van der Waals surface area contributed by atoms with Gasteiger partial charge in [-0.05, 0) is 0 Å². The van der Waals surface area contributed by atoms with E-state index in [1.807, 2.05) is 0 Å². The Kier molecular flexibility index (Phi) is 5.05. The van der Waals surface area contributed by atoms with Crippen molar-refractivity contribution in [3.05, 3.63) is 11.5 Å². The third kappa shape index (κ3) is 3.47. The van der Waals surface area contributed by atoms with Crippen molar-refractivity contribution in [1.82, 2.24) is 9.55 Å². The smallest absolute Gasteiger partial charge is 0.387 e. The molecule has 9 N–H and O–H groups in total. The lowest BCUT2D eigenvalue weighted by Gasteiger charge is -2.19. The SMILES string of the molecule is N=Cc1nc(C(N)=O)c(N)n1C1O[C@H](COP(=O)(O)O)[C@@H](O)[C@H]1O. The van der Waals surface area contributed by atoms with Crippen molar-refractivity contribution in [2.45, 2.75) is 24.5 Å². The van der Waals surface area contributed by atoms with E-state index in [-0.39, 0.29) is 17.3 Å². The number of hydrogen-bond donors (Lipinski definition) is 7. The number of carbonyl (C=O) groups is 1. The quantitative estimate of drug-likeness (QED) is 0.203. The first kappa shape index (κ1) is 18.5. The fraction of sp³-hybridized carbons (Fsp3) is 0.500. The highest BCUT2D eigenvalue weighted by atomic mass is 31.2. The zero-order valence-electron chi connectivity index (χ0n) is 12.0. The molecule has 13 nitrogen and oxygen atoms in total. The Morgan fingerprint density at radius 2 is 2.08 bits per heavy atom. The predicted molar refractivity (Wildman–Crippen MR) is 77.0 cm³/mol. The van der Waals surface area contributed by atoms with Crippen molar-refractivity contribution in [1.29, 1.82) is 5.41 Å². The van der Waals surface area contributed by atoms with Crippen LogP contribution in [-0.4, -0.2) is 66.6 Å². The number of rotatable bonds is 6. The number of nitrogens with two attached hydrogens (primary N) is 2. The highest BCUT2D eigenvalue weighted by molar-refractivity contribution is 7.46. The molecule has 0 radical (unpaired) electrons. The molecule has 1 amide bonds. The zero-order valence-corrected chi connectivity index (χ0v) is 12.9. The molecule has 0 aliphatic carbocycles. The van der Waals surface area contributed by atoms with Gasteiger partial charge in [0.2, 0.25) is 0 Å². The summed E-state index contributed by atoms with van der Waals surface area (Å²) in [4.78, 5) is 32.4. The van der Waals surface area contributed by atoms with Crippen LogP contribution in [0.2, 0.25) is 0 Å². The maximum absolute atomic E-state index is 11.3. The monoisotopic (exact) mass is 365 g/mol. The number of anilines is 1. The summed E-state index contributed by atoms with van der Waals surface area (Å²) in [6, 6.07) is 0. The van der Waals surface area contributed by atoms with Gasteiger partial charge in [0.15, 0.2) is 17.7 Å². The molecule has 0 spiro atoms. The summed E-state index contributed by atoms with van der Waals surface area (Å²) in [5, 5.41) is 27.3. The molecule has 134 valence electrons. The Hall–Kier alpha value is -1.86. The number of phosphoric ester groups is 1. The Morgan fingerprint density at radius 1 is 1.46 bits per heavy atom. The van der Waals surface area contributed by atoms with E-state index < -0.39 is 44.9 Å². The van der Waals surface area contributed by atoms with E-state index in [0.29, 0.717) is 0 Å². The number of nitrogens with one attached hydrogen (secondary N) is 1. The number of nitrogen functional groups attached to an aromatic ring is 1. The summed E-state index contributed by atoms with van der Waals surface area (Å²) in [6.07, 6.45) is -5.10. The summed E-state index contributed by atoms with van der Waals surface area (Å²) in [5.41, 5.74) is 10.5. The normalized spacial score (nSPS) is 27.3. The van der Waals surface area contributed by atoms with Gasteiger partial charge in [0, 0.05) is 0 Å². The van der Waals surface area contributed by atoms with Crippen LogP contribution in [0, 0.1) is 5.41 Å². The van der Waals surface area contributed by atoms with Gasteiger partial charge >= 0.3 is 7.82 Å². The summed E-state index contributed by atoms with van der Waals surface area (Å²) < 4.78 is 21.2. The topological polar surface area (TPSA) is 227 Å². The molecule has 1 fully saturated rings. The van der Waals surface area contributed by atoms with E-state index in [4.69, 9.17) is 31.4 Å². The zero-order chi connectivity index (χ0) is 18.2. The molecule has 0 aromatic carbocycles. The lowest BCUT2D eigenvalue weighted by atomic mass is 10.1. The van der Waals surface area contributed by atoms with Crippen molar-refractivity contribution < 1.29 is 38.6 Å². The predicted octanol–water partition coefficient (Wildman–Crippen LogP) is -2.71. The molecule has 1 aromatic heterocycles. The number of ether oxygens (including phenoxy) is 1. The van der Waals surface area contributed by atoms with Crippen LogP contribution < -0.4 is 11.5 Å². The lowest BCUT2D eigenvalue weighted by molar-refractivity contribution is -0.0512. The van der Waals surface area contributed by atoms with Crippen LogP contribution in [0.3, 0.4) is 0 Å². The minimum atomic E-state index is -4.80. The van der Waals surface area contributed by atoms with E-state index >= 15 is 0 Å². The number of amides is 1. The standard InChI is InChI=1S/C10H16N5O8P/c11-1-4-14-5(9(13)18)8(12)15(4)10-7(17)6(16)3(23-10)2-22-24(19,20)21/h1,3,6-7,10-11,16-17H,2,12H2,(H2,13,18)(H2,19,20,21)/t3-,6-,7-,10?/m1/s1. The molecule has 1 unspecified atom stereocenters. The second-order valence-corrected chi connectivity index (χ2v) is 6.15. The van der Waals surface area contributed by atoms with E-state index in [0.717, 1.165) is 10.8 Å². The minimum absolute atomic E-state index is 0.172. The van der Waals surface area contributed by atoms with Crippen LogP contribution in [0.15, 0.2) is 0 Å². The second-order valence-electron chi connectivity index (χ2n) is 4.92. The van der Waals surface area contributed by atoms with Gasteiger partial charge in [-0.25, -0.2) is 9.55 Å². The van der Waals surface area contributed by atoms with Gasteiger partial charge < -0.3 is 41.6 Å². The van der Waals surface area contributed by atoms with Crippen molar-refractivity contribution in [3.63, 3.8) is 0 Å². The van der Waals surface area contributed by atoms with Gasteiger partial charge in [0.1, 0.15) is 24.1 Å². The van der Waals surface area contributed by atoms with E-state index in [2.05, 4.69) is 9.51 Å². The van der Waals surface area contributed by atoms with Crippen LogP contribution in [0.25, 0.3) is 0 Å². The molecular weight excluding hydrogens is 349 g/mol. The maximum Gasteiger partial charge on any atom is 0.469 e. The molecule has 24 heavy (non-hydrogen) atoms. The number of primary amides is 1. The number of imidazole rings is 1. The Bertz CT molecular complexity index is 702. The van der Waals surface area contributed by atoms with Gasteiger partial charge in [-0.1, -0.05) is 0 Å². The third-order valence-electron chi connectivity index (χ3n) is 3.34. The summed E-state index contributed by atoms with van der Waals surface area (Å²) in [5.74, 6) is -1.44. The third-order valence-corrected chi connectivity index (χ3v) is 3.82. The first-order valence-corrected chi connectivity index (χ1v) is 7.99. The molecule has 14 heteroatoms. The first-order chi connectivity index (χ1) is 11.1. The van der Waals surface area contributed by atoms with Crippen LogP contribution in [0.1, 0.15) is 22.5 Å². The second kappa shape index (κ2) is 6.57. The first-order valence-electron chi connectivity index (χ1n) is 6.46. The number of carbonyl (C=O) groups excluding carboxylic acids is 1. The Labute approximate surface area is 134 Å². The number of aliphatic hydroxyl groups is 2. The highest BCUT2D eigenvalue weighted by Gasteiger charge is 2.46. The Morgan fingerprint density at radius 3 is 2.58 bits per heavy atom. The van der Waals surface area contributed by atoms with E-state index in [1.165, 1.54) is 0 Å². The van der Waals surface area contributed by atoms with Crippen molar-refractivity contribution >= 4 is 25.8 Å². The lowest BCUT2D eigenvalue weighted by Crippen LogP contribution is -2.34. The minimum Gasteiger partial charge on any atom is -0.387 e. The van der Waals surface area contributed by atoms with Crippen LogP contribution >= 0.6 is 7.82 Å². The average Bonchev–Trinajstić information content (AvgIpc) is 2.95. The molecular formula is C10H16N5O8P. The van der Waals surface area contributed by atoms with Gasteiger partial charge in [0.25, 0.3) is 5.91 Å². The fourth-order valence-electron chi connectivity index (χ4n) is 2.26. The van der Waals surface area contributed by atoms with Crippen molar-refractivity contribution in [2.24, 2.45) is 5.73 Å². The van der Waals surface area contributed by atoms with Crippen molar-refractivity contribution in [2.75, 3.05) is 12.3 Å². The summed E-state index contributed by atoms with van der Waals surface area (Å²) >= 11 is 0. The molecule has 1 aliphatic rings.